The van der Waals surface area contributed by atoms with Gasteiger partial charge in [0.15, 0.2) is 0 Å². The number of carbonyl (C=O) groups excluding carboxylic acids is 1. The fourth-order valence-corrected chi connectivity index (χ4v) is 2.75. The monoisotopic (exact) mass is 287 g/mol. The Labute approximate surface area is 123 Å². The summed E-state index contributed by atoms with van der Waals surface area (Å²) in [4.78, 5) is 18.2. The van der Waals surface area contributed by atoms with Crippen molar-refractivity contribution in [2.75, 3.05) is 13.1 Å². The molecule has 110 valence electrons. The highest BCUT2D eigenvalue weighted by atomic mass is 19.1. The maximum atomic E-state index is 13.6. The number of halogens is 1. The molecule has 1 aliphatic heterocycles. The van der Waals surface area contributed by atoms with Crippen LogP contribution in [-0.2, 0) is 13.0 Å². The van der Waals surface area contributed by atoms with Crippen LogP contribution in [0.3, 0.4) is 0 Å². The second-order valence-electron chi connectivity index (χ2n) is 5.41. The topological polar surface area (TPSA) is 38.1 Å². The van der Waals surface area contributed by atoms with Gasteiger partial charge in [-0.15, -0.1) is 0 Å². The fraction of sp³-hybridized carbons (Fsp3) is 0.375. The Bertz CT molecular complexity index is 646. The zero-order valence-electron chi connectivity index (χ0n) is 12.0. The van der Waals surface area contributed by atoms with Crippen molar-refractivity contribution in [3.05, 3.63) is 53.9 Å². The molecule has 0 saturated carbocycles. The van der Waals surface area contributed by atoms with Crippen LogP contribution in [0.1, 0.15) is 23.1 Å². The lowest BCUT2D eigenvalue weighted by Crippen LogP contribution is -2.51. The van der Waals surface area contributed by atoms with Crippen molar-refractivity contribution in [1.82, 2.24) is 14.5 Å². The molecule has 0 N–H and O–H groups in total. The summed E-state index contributed by atoms with van der Waals surface area (Å²) in [7, 11) is 0. The van der Waals surface area contributed by atoms with Crippen LogP contribution in [0, 0.1) is 11.7 Å². The molecular formula is C16H18FN3O. The quantitative estimate of drug-likeness (QED) is 0.866. The summed E-state index contributed by atoms with van der Waals surface area (Å²) in [6.07, 6.45) is 4.68. The number of amides is 1. The predicted octanol–water partition coefficient (Wildman–Crippen LogP) is 2.36. The van der Waals surface area contributed by atoms with Crippen LogP contribution >= 0.6 is 0 Å². The molecule has 0 aliphatic carbocycles. The van der Waals surface area contributed by atoms with Crippen LogP contribution in [0.2, 0.25) is 0 Å². The number of imidazole rings is 1. The van der Waals surface area contributed by atoms with Gasteiger partial charge in [-0.25, -0.2) is 9.37 Å². The van der Waals surface area contributed by atoms with Crippen LogP contribution in [-0.4, -0.2) is 33.4 Å². The molecule has 1 saturated heterocycles. The lowest BCUT2D eigenvalue weighted by Gasteiger charge is -2.39. The first-order chi connectivity index (χ1) is 10.2. The van der Waals surface area contributed by atoms with Gasteiger partial charge in [-0.05, 0) is 12.1 Å². The van der Waals surface area contributed by atoms with Gasteiger partial charge >= 0.3 is 0 Å². The SMILES string of the molecule is CCc1nccn1CC1CN(C(=O)c2ccccc2F)C1. The van der Waals surface area contributed by atoms with Gasteiger partial charge in [0.05, 0.1) is 5.56 Å². The summed E-state index contributed by atoms with van der Waals surface area (Å²) in [6, 6.07) is 6.14. The zero-order chi connectivity index (χ0) is 14.8. The molecule has 0 unspecified atom stereocenters. The summed E-state index contributed by atoms with van der Waals surface area (Å²) in [6.45, 7) is 4.29. The summed E-state index contributed by atoms with van der Waals surface area (Å²) < 4.78 is 15.7. The average molecular weight is 287 g/mol. The van der Waals surface area contributed by atoms with Gasteiger partial charge in [0.25, 0.3) is 5.91 Å². The smallest absolute Gasteiger partial charge is 0.256 e. The number of rotatable bonds is 4. The van der Waals surface area contributed by atoms with Crippen molar-refractivity contribution < 1.29 is 9.18 Å². The molecule has 1 fully saturated rings. The highest BCUT2D eigenvalue weighted by Gasteiger charge is 2.32. The number of benzene rings is 1. The van der Waals surface area contributed by atoms with Crippen molar-refractivity contribution in [2.24, 2.45) is 5.92 Å². The summed E-state index contributed by atoms with van der Waals surface area (Å²) >= 11 is 0. The zero-order valence-corrected chi connectivity index (χ0v) is 12.0. The number of aryl methyl sites for hydroxylation is 1. The standard InChI is InChI=1S/C16H18FN3O/c1-2-15-18-7-8-19(15)9-12-10-20(11-12)16(21)13-5-3-4-6-14(13)17/h3-8,12H,2,9-11H2,1H3. The van der Waals surface area contributed by atoms with Gasteiger partial charge in [-0.3, -0.25) is 4.79 Å². The molecular weight excluding hydrogens is 269 g/mol. The minimum absolute atomic E-state index is 0.160. The van der Waals surface area contributed by atoms with E-state index in [1.54, 1.807) is 23.2 Å². The Balaban J connectivity index is 1.59. The largest absolute Gasteiger partial charge is 0.338 e. The molecule has 5 heteroatoms. The average Bonchev–Trinajstić information content (AvgIpc) is 2.89. The van der Waals surface area contributed by atoms with Gasteiger partial charge < -0.3 is 9.47 Å². The molecule has 4 nitrogen and oxygen atoms in total. The van der Waals surface area contributed by atoms with E-state index in [1.165, 1.54) is 12.1 Å². The Kier molecular flexibility index (Phi) is 3.73. The molecule has 0 radical (unpaired) electrons. The van der Waals surface area contributed by atoms with Gasteiger partial charge in [-0.2, -0.15) is 0 Å². The lowest BCUT2D eigenvalue weighted by molar-refractivity contribution is 0.0462. The third-order valence-corrected chi connectivity index (χ3v) is 3.92. The molecule has 21 heavy (non-hydrogen) atoms. The van der Waals surface area contributed by atoms with Gasteiger partial charge in [0.1, 0.15) is 11.6 Å². The molecule has 3 rings (SSSR count). The lowest BCUT2D eigenvalue weighted by atomic mass is 9.98. The van der Waals surface area contributed by atoms with Gasteiger partial charge in [-0.1, -0.05) is 19.1 Å². The Morgan fingerprint density at radius 3 is 2.86 bits per heavy atom. The Hall–Kier alpha value is -2.17. The van der Waals surface area contributed by atoms with Crippen molar-refractivity contribution in [1.29, 1.82) is 0 Å². The van der Waals surface area contributed by atoms with Crippen LogP contribution in [0.5, 0.6) is 0 Å². The third-order valence-electron chi connectivity index (χ3n) is 3.92. The molecule has 1 aliphatic rings. The molecule has 1 aromatic heterocycles. The predicted molar refractivity (Wildman–Crippen MR) is 77.4 cm³/mol. The number of carbonyl (C=O) groups is 1. The number of aromatic nitrogens is 2. The van der Waals surface area contributed by atoms with E-state index in [0.717, 1.165) is 18.8 Å². The first kappa shape index (κ1) is 13.8. The second kappa shape index (κ2) is 5.68. The van der Waals surface area contributed by atoms with E-state index >= 15 is 0 Å². The van der Waals surface area contributed by atoms with Crippen LogP contribution < -0.4 is 0 Å². The minimum Gasteiger partial charge on any atom is -0.338 e. The summed E-state index contributed by atoms with van der Waals surface area (Å²) in [5.41, 5.74) is 0.160. The van der Waals surface area contributed by atoms with Crippen molar-refractivity contribution in [3.8, 4) is 0 Å². The van der Waals surface area contributed by atoms with Crippen molar-refractivity contribution in [2.45, 2.75) is 19.9 Å². The molecule has 2 aromatic rings. The first-order valence-electron chi connectivity index (χ1n) is 7.23. The van der Waals surface area contributed by atoms with E-state index in [0.29, 0.717) is 19.0 Å². The van der Waals surface area contributed by atoms with E-state index in [2.05, 4.69) is 16.5 Å². The number of hydrogen-bond donors (Lipinski definition) is 0. The second-order valence-corrected chi connectivity index (χ2v) is 5.41. The number of hydrogen-bond acceptors (Lipinski definition) is 2. The third kappa shape index (κ3) is 2.68. The van der Waals surface area contributed by atoms with E-state index in [9.17, 15) is 9.18 Å². The van der Waals surface area contributed by atoms with Crippen LogP contribution in [0.4, 0.5) is 4.39 Å². The molecule has 1 amide bonds. The minimum atomic E-state index is -0.450. The highest BCUT2D eigenvalue weighted by molar-refractivity contribution is 5.94. The summed E-state index contributed by atoms with van der Waals surface area (Å²) in [5, 5.41) is 0. The fourth-order valence-electron chi connectivity index (χ4n) is 2.75. The number of nitrogens with zero attached hydrogens (tertiary/aromatic N) is 3. The molecule has 1 aromatic carbocycles. The molecule has 0 atom stereocenters. The van der Waals surface area contributed by atoms with E-state index in [4.69, 9.17) is 0 Å². The van der Waals surface area contributed by atoms with Crippen LogP contribution in [0.15, 0.2) is 36.7 Å². The molecule has 0 spiro atoms. The summed E-state index contributed by atoms with van der Waals surface area (Å²) in [5.74, 6) is 0.814. The maximum Gasteiger partial charge on any atom is 0.256 e. The van der Waals surface area contributed by atoms with Crippen molar-refractivity contribution >= 4 is 5.91 Å². The van der Waals surface area contributed by atoms with E-state index < -0.39 is 5.82 Å². The van der Waals surface area contributed by atoms with Crippen molar-refractivity contribution in [3.63, 3.8) is 0 Å². The Morgan fingerprint density at radius 1 is 1.38 bits per heavy atom. The van der Waals surface area contributed by atoms with Crippen LogP contribution in [0.25, 0.3) is 0 Å². The molecule has 0 bridgehead atoms. The van der Waals surface area contributed by atoms with Gasteiger partial charge in [0, 0.05) is 44.4 Å². The number of likely N-dealkylation sites (tertiary alicyclic amines) is 1. The maximum absolute atomic E-state index is 13.6. The first-order valence-corrected chi connectivity index (χ1v) is 7.23. The van der Waals surface area contributed by atoms with E-state index in [-0.39, 0.29) is 11.5 Å². The Morgan fingerprint density at radius 2 is 2.14 bits per heavy atom. The normalized spacial score (nSPS) is 15.0. The van der Waals surface area contributed by atoms with E-state index in [1.807, 2.05) is 6.20 Å². The molecule has 2 heterocycles. The van der Waals surface area contributed by atoms with Gasteiger partial charge in [0.2, 0.25) is 0 Å². The highest BCUT2D eigenvalue weighted by Crippen LogP contribution is 2.22.